The number of aryl methyl sites for hydroxylation is 2. The Bertz CT molecular complexity index is 417. The van der Waals surface area contributed by atoms with Gasteiger partial charge in [0.2, 0.25) is 0 Å². The first-order valence-corrected chi connectivity index (χ1v) is 8.30. The van der Waals surface area contributed by atoms with Crippen LogP contribution in [-0.4, -0.2) is 21.9 Å². The molecule has 1 aliphatic rings. The molecule has 1 N–H and O–H groups in total. The van der Waals surface area contributed by atoms with Gasteiger partial charge >= 0.3 is 0 Å². The maximum absolute atomic E-state index is 4.53. The molecule has 1 atom stereocenters. The zero-order valence-corrected chi connectivity index (χ0v) is 14.0. The Morgan fingerprint density at radius 2 is 2.16 bits per heavy atom. The summed E-state index contributed by atoms with van der Waals surface area (Å²) in [5.74, 6) is 0. The summed E-state index contributed by atoms with van der Waals surface area (Å²) in [7, 11) is 2.06. The molecule has 0 amide bonds. The van der Waals surface area contributed by atoms with Gasteiger partial charge in [-0.05, 0) is 48.7 Å². The lowest BCUT2D eigenvalue weighted by molar-refractivity contribution is 0.282. The highest BCUT2D eigenvalue weighted by molar-refractivity contribution is 9.10. The molecule has 19 heavy (non-hydrogen) atoms. The molecule has 0 radical (unpaired) electrons. The van der Waals surface area contributed by atoms with Crippen molar-refractivity contribution in [3.63, 3.8) is 0 Å². The summed E-state index contributed by atoms with van der Waals surface area (Å²) in [4.78, 5) is 0. The van der Waals surface area contributed by atoms with Crippen LogP contribution in [-0.2, 0) is 13.5 Å². The van der Waals surface area contributed by atoms with E-state index in [9.17, 15) is 0 Å². The fraction of sp³-hybridized carbons (Fsp3) is 0.800. The van der Waals surface area contributed by atoms with Crippen LogP contribution in [0.25, 0.3) is 0 Å². The van der Waals surface area contributed by atoms with Crippen molar-refractivity contribution in [3.05, 3.63) is 15.9 Å². The van der Waals surface area contributed by atoms with Gasteiger partial charge in [0.05, 0.1) is 15.9 Å². The standard InChI is InChI=1S/C15H26BrN3/c1-4-8-15(9-6-5-7-10-17-15)11-13-14(16)12(2)18-19(13)3/h17H,4-11H2,1-3H3. The van der Waals surface area contributed by atoms with Gasteiger partial charge < -0.3 is 5.32 Å². The summed E-state index contributed by atoms with van der Waals surface area (Å²) in [6.07, 6.45) is 8.89. The average molecular weight is 328 g/mol. The van der Waals surface area contributed by atoms with E-state index in [0.717, 1.165) is 18.7 Å². The maximum Gasteiger partial charge on any atom is 0.0738 e. The van der Waals surface area contributed by atoms with Crippen LogP contribution in [0.3, 0.4) is 0 Å². The Kier molecular flexibility index (Phi) is 5.07. The van der Waals surface area contributed by atoms with Crippen molar-refractivity contribution in [1.82, 2.24) is 15.1 Å². The van der Waals surface area contributed by atoms with Gasteiger partial charge in [-0.1, -0.05) is 26.2 Å². The van der Waals surface area contributed by atoms with Gasteiger partial charge in [-0.15, -0.1) is 0 Å². The third kappa shape index (κ3) is 3.40. The first-order chi connectivity index (χ1) is 9.08. The number of halogens is 1. The minimum Gasteiger partial charge on any atom is -0.311 e. The molecule has 2 heterocycles. The van der Waals surface area contributed by atoms with Crippen LogP contribution < -0.4 is 5.32 Å². The molecule has 0 saturated carbocycles. The van der Waals surface area contributed by atoms with Gasteiger partial charge in [-0.3, -0.25) is 4.68 Å². The Morgan fingerprint density at radius 3 is 2.79 bits per heavy atom. The number of nitrogens with zero attached hydrogens (tertiary/aromatic N) is 2. The van der Waals surface area contributed by atoms with E-state index in [4.69, 9.17) is 0 Å². The van der Waals surface area contributed by atoms with Crippen molar-refractivity contribution < 1.29 is 0 Å². The molecule has 1 saturated heterocycles. The average Bonchev–Trinajstić information content (AvgIpc) is 2.59. The number of rotatable bonds is 4. The van der Waals surface area contributed by atoms with Crippen molar-refractivity contribution in [2.75, 3.05) is 6.54 Å². The van der Waals surface area contributed by atoms with Crippen LogP contribution in [0.1, 0.15) is 56.8 Å². The number of aromatic nitrogens is 2. The van der Waals surface area contributed by atoms with Gasteiger partial charge in [-0.25, -0.2) is 0 Å². The van der Waals surface area contributed by atoms with Crippen molar-refractivity contribution in [3.8, 4) is 0 Å². The topological polar surface area (TPSA) is 29.9 Å². The highest BCUT2D eigenvalue weighted by atomic mass is 79.9. The Hall–Kier alpha value is -0.350. The largest absolute Gasteiger partial charge is 0.311 e. The second-order valence-corrected chi connectivity index (χ2v) is 6.71. The van der Waals surface area contributed by atoms with Crippen LogP contribution in [0.2, 0.25) is 0 Å². The van der Waals surface area contributed by atoms with Crippen molar-refractivity contribution >= 4 is 15.9 Å². The van der Waals surface area contributed by atoms with Crippen molar-refractivity contribution in [1.29, 1.82) is 0 Å². The van der Waals surface area contributed by atoms with E-state index in [-0.39, 0.29) is 5.54 Å². The minimum absolute atomic E-state index is 0.272. The second kappa shape index (κ2) is 6.40. The van der Waals surface area contributed by atoms with E-state index >= 15 is 0 Å². The molecular formula is C15H26BrN3. The monoisotopic (exact) mass is 327 g/mol. The van der Waals surface area contributed by atoms with E-state index < -0.39 is 0 Å². The van der Waals surface area contributed by atoms with Crippen LogP contribution >= 0.6 is 15.9 Å². The lowest BCUT2D eigenvalue weighted by Crippen LogP contribution is -2.47. The van der Waals surface area contributed by atoms with Crippen molar-refractivity contribution in [2.24, 2.45) is 7.05 Å². The molecule has 1 unspecified atom stereocenters. The molecule has 0 aromatic carbocycles. The molecule has 108 valence electrons. The third-order valence-corrected chi connectivity index (χ3v) is 5.36. The first kappa shape index (κ1) is 15.0. The summed E-state index contributed by atoms with van der Waals surface area (Å²) < 4.78 is 3.24. The zero-order chi connectivity index (χ0) is 13.9. The summed E-state index contributed by atoms with van der Waals surface area (Å²) >= 11 is 3.71. The highest BCUT2D eigenvalue weighted by Crippen LogP contribution is 2.31. The highest BCUT2D eigenvalue weighted by Gasteiger charge is 2.32. The molecule has 3 nitrogen and oxygen atoms in total. The molecule has 0 aliphatic carbocycles. The first-order valence-electron chi connectivity index (χ1n) is 7.51. The van der Waals surface area contributed by atoms with E-state index in [1.165, 1.54) is 48.7 Å². The molecule has 1 aromatic heterocycles. The fourth-order valence-electron chi connectivity index (χ4n) is 3.33. The molecule has 4 heteroatoms. The molecule has 1 aromatic rings. The summed E-state index contributed by atoms with van der Waals surface area (Å²) in [6, 6.07) is 0. The smallest absolute Gasteiger partial charge is 0.0738 e. The predicted molar refractivity (Wildman–Crippen MR) is 83.5 cm³/mol. The Balaban J connectivity index is 2.24. The summed E-state index contributed by atoms with van der Waals surface area (Å²) in [5.41, 5.74) is 2.70. The van der Waals surface area contributed by atoms with Crippen LogP contribution in [0.5, 0.6) is 0 Å². The van der Waals surface area contributed by atoms with Gasteiger partial charge in [0, 0.05) is 19.0 Å². The number of nitrogens with one attached hydrogen (secondary N) is 1. The minimum atomic E-state index is 0.272. The normalized spacial score (nSPS) is 24.4. The maximum atomic E-state index is 4.53. The zero-order valence-electron chi connectivity index (χ0n) is 12.4. The predicted octanol–water partition coefficient (Wildman–Crippen LogP) is 3.74. The molecule has 0 bridgehead atoms. The lowest BCUT2D eigenvalue weighted by Gasteiger charge is -2.34. The van der Waals surface area contributed by atoms with Gasteiger partial charge in [0.25, 0.3) is 0 Å². The molecule has 2 rings (SSSR count). The van der Waals surface area contributed by atoms with Crippen molar-refractivity contribution in [2.45, 2.75) is 64.3 Å². The van der Waals surface area contributed by atoms with E-state index in [0.29, 0.717) is 0 Å². The fourth-order valence-corrected chi connectivity index (χ4v) is 3.81. The second-order valence-electron chi connectivity index (χ2n) is 5.91. The van der Waals surface area contributed by atoms with Gasteiger partial charge in [0.15, 0.2) is 0 Å². The number of hydrogen-bond acceptors (Lipinski definition) is 2. The van der Waals surface area contributed by atoms with Crippen LogP contribution in [0, 0.1) is 6.92 Å². The van der Waals surface area contributed by atoms with Crippen LogP contribution in [0.4, 0.5) is 0 Å². The van der Waals surface area contributed by atoms with E-state index in [2.05, 4.69) is 47.2 Å². The van der Waals surface area contributed by atoms with Crippen LogP contribution in [0.15, 0.2) is 4.47 Å². The van der Waals surface area contributed by atoms with Gasteiger partial charge in [-0.2, -0.15) is 5.10 Å². The van der Waals surface area contributed by atoms with E-state index in [1.54, 1.807) is 0 Å². The molecule has 1 fully saturated rings. The third-order valence-electron chi connectivity index (χ3n) is 4.33. The molecule has 0 spiro atoms. The summed E-state index contributed by atoms with van der Waals surface area (Å²) in [6.45, 7) is 5.52. The summed E-state index contributed by atoms with van der Waals surface area (Å²) in [5, 5.41) is 8.38. The quantitative estimate of drug-likeness (QED) is 0.912. The Morgan fingerprint density at radius 1 is 1.37 bits per heavy atom. The Labute approximate surface area is 125 Å². The number of hydrogen-bond donors (Lipinski definition) is 1. The van der Waals surface area contributed by atoms with Gasteiger partial charge in [0.1, 0.15) is 0 Å². The SMILES string of the molecule is CCCC1(Cc2c(Br)c(C)nn2C)CCCCCN1. The lowest BCUT2D eigenvalue weighted by atomic mass is 9.84. The van der Waals surface area contributed by atoms with E-state index in [1.807, 2.05) is 4.68 Å². The molecular weight excluding hydrogens is 302 g/mol. The molecule has 1 aliphatic heterocycles.